The molecule has 0 aromatic carbocycles. The molecule has 1 aliphatic carbocycles. The number of hydrogen-bond acceptors (Lipinski definition) is 1. The van der Waals surface area contributed by atoms with E-state index in [9.17, 15) is 0 Å². The lowest BCUT2D eigenvalue weighted by atomic mass is 10.0. The lowest BCUT2D eigenvalue weighted by Crippen LogP contribution is -1.83. The Morgan fingerprint density at radius 3 is 2.91 bits per heavy atom. The molecule has 0 saturated heterocycles. The van der Waals surface area contributed by atoms with Crippen LogP contribution in [0.4, 0.5) is 0 Å². The zero-order valence-corrected chi connectivity index (χ0v) is 7.66. The summed E-state index contributed by atoms with van der Waals surface area (Å²) in [4.78, 5) is 1.46. The van der Waals surface area contributed by atoms with E-state index in [1.54, 1.807) is 0 Å². The summed E-state index contributed by atoms with van der Waals surface area (Å²) in [5, 5.41) is 0. The monoisotopic (exact) mass is 163 g/mol. The van der Waals surface area contributed by atoms with Crippen molar-refractivity contribution in [3.05, 3.63) is 39.5 Å². The highest BCUT2D eigenvalue weighted by atomic mass is 32.2. The fourth-order valence-corrected chi connectivity index (χ4v) is 2.44. The summed E-state index contributed by atoms with van der Waals surface area (Å²) in [6, 6.07) is 0. The summed E-state index contributed by atoms with van der Waals surface area (Å²) in [6.45, 7) is 4.41. The highest BCUT2D eigenvalue weighted by molar-refractivity contribution is 8.05. The van der Waals surface area contributed by atoms with Gasteiger partial charge in [-0.2, -0.15) is 0 Å². The molecular formula is C10H11S. The Morgan fingerprint density at radius 2 is 2.18 bits per heavy atom. The van der Waals surface area contributed by atoms with Gasteiger partial charge in [-0.15, -0.1) is 11.8 Å². The highest BCUT2D eigenvalue weighted by Crippen LogP contribution is 2.45. The number of hydrogen-bond donors (Lipinski definition) is 0. The molecule has 11 heavy (non-hydrogen) atoms. The predicted octanol–water partition coefficient (Wildman–Crippen LogP) is 3.45. The number of rotatable bonds is 1. The van der Waals surface area contributed by atoms with Crippen molar-refractivity contribution >= 4 is 11.8 Å². The van der Waals surface area contributed by atoms with Crippen molar-refractivity contribution < 1.29 is 0 Å². The zero-order valence-electron chi connectivity index (χ0n) is 6.85. The van der Waals surface area contributed by atoms with Gasteiger partial charge in [0, 0.05) is 0 Å². The first-order chi connectivity index (χ1) is 5.33. The van der Waals surface area contributed by atoms with Gasteiger partial charge in [-0.3, -0.25) is 0 Å². The molecule has 0 unspecified atom stereocenters. The maximum atomic E-state index is 2.24. The van der Waals surface area contributed by atoms with Crippen molar-refractivity contribution in [1.82, 2.24) is 0 Å². The summed E-state index contributed by atoms with van der Waals surface area (Å²) in [7, 11) is 0. The van der Waals surface area contributed by atoms with Crippen molar-refractivity contribution in [1.29, 1.82) is 0 Å². The molecule has 2 rings (SSSR count). The van der Waals surface area contributed by atoms with Gasteiger partial charge in [0.1, 0.15) is 0 Å². The fourth-order valence-electron chi connectivity index (χ4n) is 1.58. The topological polar surface area (TPSA) is 0 Å². The van der Waals surface area contributed by atoms with Crippen LogP contribution in [0.2, 0.25) is 0 Å². The molecule has 1 radical (unpaired) electrons. The van der Waals surface area contributed by atoms with Crippen LogP contribution >= 0.6 is 11.8 Å². The molecule has 0 amide bonds. The van der Waals surface area contributed by atoms with Gasteiger partial charge >= 0.3 is 0 Å². The third-order valence-electron chi connectivity index (χ3n) is 2.17. The summed E-state index contributed by atoms with van der Waals surface area (Å²) in [6.07, 6.45) is 5.61. The largest absolute Gasteiger partial charge is 0.120 e. The van der Waals surface area contributed by atoms with Crippen LogP contribution in [0.5, 0.6) is 0 Å². The van der Waals surface area contributed by atoms with Crippen LogP contribution in [0, 0.1) is 5.75 Å². The Labute approximate surface area is 72.1 Å². The second-order valence-corrected chi connectivity index (χ2v) is 3.92. The van der Waals surface area contributed by atoms with Crippen LogP contribution in [-0.2, 0) is 0 Å². The molecule has 1 heteroatoms. The summed E-state index contributed by atoms with van der Waals surface area (Å²) in [5.74, 6) is 2.24. The minimum atomic E-state index is 1.15. The van der Waals surface area contributed by atoms with Crippen LogP contribution < -0.4 is 0 Å². The molecule has 0 nitrogen and oxygen atoms in total. The second-order valence-electron chi connectivity index (χ2n) is 2.83. The molecule has 0 fully saturated rings. The number of thioether (sulfide) groups is 1. The number of allylic oxidation sites excluding steroid dienone is 5. The van der Waals surface area contributed by atoms with Crippen LogP contribution in [0.3, 0.4) is 0 Å². The van der Waals surface area contributed by atoms with E-state index in [0.717, 1.165) is 6.42 Å². The van der Waals surface area contributed by atoms with Crippen molar-refractivity contribution in [2.75, 3.05) is 0 Å². The number of fused-ring (bicyclic) bond motifs is 1. The summed E-state index contributed by atoms with van der Waals surface area (Å²) in [5.41, 5.74) is 4.42. The standard InChI is InChI=1S/C10H11S/c1-3-8-4-5-9-6-11-7(2)10(8)9/h4-6H,3H2,1-2H3. The first-order valence-corrected chi connectivity index (χ1v) is 4.83. The third-order valence-corrected chi connectivity index (χ3v) is 3.10. The van der Waals surface area contributed by atoms with Gasteiger partial charge in [0.05, 0.1) is 5.75 Å². The van der Waals surface area contributed by atoms with E-state index >= 15 is 0 Å². The maximum absolute atomic E-state index is 2.24. The average molecular weight is 163 g/mol. The van der Waals surface area contributed by atoms with Crippen LogP contribution in [-0.4, -0.2) is 0 Å². The van der Waals surface area contributed by atoms with Crippen LogP contribution in [0.15, 0.2) is 33.8 Å². The van der Waals surface area contributed by atoms with E-state index in [0.29, 0.717) is 0 Å². The van der Waals surface area contributed by atoms with Gasteiger partial charge < -0.3 is 0 Å². The lowest BCUT2D eigenvalue weighted by Gasteiger charge is -2.01. The fraction of sp³-hybridized carbons (Fsp3) is 0.300. The molecule has 0 N–H and O–H groups in total. The Balaban J connectivity index is 2.42. The Bertz CT molecular complexity index is 279. The smallest absolute Gasteiger partial charge is 0.0510 e. The first kappa shape index (κ1) is 7.23. The van der Waals surface area contributed by atoms with Gasteiger partial charge in [0.2, 0.25) is 0 Å². The molecule has 0 bridgehead atoms. The molecule has 0 aromatic heterocycles. The third kappa shape index (κ3) is 0.987. The normalized spacial score (nSPS) is 22.0. The predicted molar refractivity (Wildman–Crippen MR) is 51.0 cm³/mol. The first-order valence-electron chi connectivity index (χ1n) is 3.95. The minimum Gasteiger partial charge on any atom is -0.120 e. The molecule has 2 aliphatic rings. The quantitative estimate of drug-likeness (QED) is 0.570. The van der Waals surface area contributed by atoms with Crippen molar-refractivity contribution in [2.24, 2.45) is 0 Å². The van der Waals surface area contributed by atoms with E-state index in [1.807, 2.05) is 11.8 Å². The van der Waals surface area contributed by atoms with E-state index in [2.05, 4.69) is 31.8 Å². The Kier molecular flexibility index (Phi) is 1.68. The van der Waals surface area contributed by atoms with Gasteiger partial charge in [0.25, 0.3) is 0 Å². The Hall–Kier alpha value is -0.430. The van der Waals surface area contributed by atoms with E-state index in [4.69, 9.17) is 0 Å². The van der Waals surface area contributed by atoms with Gasteiger partial charge in [-0.05, 0) is 35.0 Å². The van der Waals surface area contributed by atoms with Crippen molar-refractivity contribution in [2.45, 2.75) is 20.3 Å². The molecule has 1 aliphatic heterocycles. The van der Waals surface area contributed by atoms with Gasteiger partial charge in [-0.1, -0.05) is 19.1 Å². The van der Waals surface area contributed by atoms with Crippen LogP contribution in [0.1, 0.15) is 20.3 Å². The maximum Gasteiger partial charge on any atom is 0.0510 e. The zero-order chi connectivity index (χ0) is 7.84. The molecular weight excluding hydrogens is 152 g/mol. The van der Waals surface area contributed by atoms with E-state index in [1.165, 1.54) is 21.6 Å². The van der Waals surface area contributed by atoms with E-state index < -0.39 is 0 Å². The molecule has 1 heterocycles. The van der Waals surface area contributed by atoms with E-state index in [-0.39, 0.29) is 0 Å². The summed E-state index contributed by atoms with van der Waals surface area (Å²) >= 11 is 1.85. The van der Waals surface area contributed by atoms with Crippen molar-refractivity contribution in [3.63, 3.8) is 0 Å². The lowest BCUT2D eigenvalue weighted by molar-refractivity contribution is 1.13. The second kappa shape index (κ2) is 2.56. The molecule has 0 saturated carbocycles. The molecule has 0 atom stereocenters. The molecule has 0 aromatic rings. The average Bonchev–Trinajstić information content (AvgIpc) is 2.54. The van der Waals surface area contributed by atoms with Gasteiger partial charge in [0.15, 0.2) is 0 Å². The van der Waals surface area contributed by atoms with Crippen molar-refractivity contribution in [3.8, 4) is 0 Å². The summed E-state index contributed by atoms with van der Waals surface area (Å²) < 4.78 is 0. The SMILES string of the molecule is CCC1=CC=C2[CH]SC(C)=C21. The Morgan fingerprint density at radius 1 is 1.36 bits per heavy atom. The van der Waals surface area contributed by atoms with Gasteiger partial charge in [-0.25, -0.2) is 0 Å². The molecule has 57 valence electrons. The minimum absolute atomic E-state index is 1.15. The highest BCUT2D eigenvalue weighted by Gasteiger charge is 2.22. The molecule has 0 spiro atoms. The van der Waals surface area contributed by atoms with Crippen LogP contribution in [0.25, 0.3) is 0 Å².